The quantitative estimate of drug-likeness (QED) is 0.701. The van der Waals surface area contributed by atoms with Crippen molar-refractivity contribution < 1.29 is 10.2 Å². The first-order valence-electron chi connectivity index (χ1n) is 3.84. The average molecular weight is 164 g/mol. The third-order valence-electron chi connectivity index (χ3n) is 1.65. The number of aliphatic hydroxyl groups is 2. The van der Waals surface area contributed by atoms with Gasteiger partial charge in [-0.3, -0.25) is 0 Å². The summed E-state index contributed by atoms with van der Waals surface area (Å²) >= 11 is 0. The molecule has 0 saturated carbocycles. The van der Waals surface area contributed by atoms with Gasteiger partial charge >= 0.3 is 0 Å². The molecule has 0 aliphatic rings. The third kappa shape index (κ3) is 2.19. The molecular weight excluding hydrogens is 152 g/mol. The van der Waals surface area contributed by atoms with Gasteiger partial charge in [-0.25, -0.2) is 0 Å². The summed E-state index contributed by atoms with van der Waals surface area (Å²) in [6, 6.07) is 9.51. The monoisotopic (exact) mass is 164 g/mol. The highest BCUT2D eigenvalue weighted by Crippen LogP contribution is 2.11. The van der Waals surface area contributed by atoms with E-state index in [4.69, 9.17) is 10.2 Å². The van der Waals surface area contributed by atoms with E-state index in [-0.39, 0.29) is 13.2 Å². The Balaban J connectivity index is 2.88. The van der Waals surface area contributed by atoms with Gasteiger partial charge in [0.1, 0.15) is 0 Å². The summed E-state index contributed by atoms with van der Waals surface area (Å²) in [5.74, 6) is 0. The van der Waals surface area contributed by atoms with E-state index >= 15 is 0 Å². The third-order valence-corrected chi connectivity index (χ3v) is 1.65. The predicted octanol–water partition coefficient (Wildman–Crippen LogP) is 1.05. The van der Waals surface area contributed by atoms with Gasteiger partial charge in [0.2, 0.25) is 0 Å². The maximum Gasteiger partial charge on any atom is 0.0685 e. The van der Waals surface area contributed by atoms with Crippen LogP contribution < -0.4 is 0 Å². The SMILES string of the molecule is OC/C=C(/CO)c1ccccc1. The molecule has 0 spiro atoms. The fraction of sp³-hybridized carbons (Fsp3) is 0.200. The second-order valence-electron chi connectivity index (χ2n) is 2.44. The molecule has 0 unspecified atom stereocenters. The molecule has 0 atom stereocenters. The lowest BCUT2D eigenvalue weighted by molar-refractivity contribution is 0.334. The molecule has 1 rings (SSSR count). The molecule has 1 aromatic rings. The molecule has 12 heavy (non-hydrogen) atoms. The van der Waals surface area contributed by atoms with Crippen LogP contribution in [0.5, 0.6) is 0 Å². The molecule has 0 bridgehead atoms. The molecule has 0 saturated heterocycles. The molecule has 64 valence electrons. The zero-order valence-electron chi connectivity index (χ0n) is 6.77. The summed E-state index contributed by atoms with van der Waals surface area (Å²) in [5.41, 5.74) is 1.71. The van der Waals surface area contributed by atoms with Crippen LogP contribution in [0.15, 0.2) is 36.4 Å². The highest BCUT2D eigenvalue weighted by molar-refractivity contribution is 5.65. The van der Waals surface area contributed by atoms with Crippen molar-refractivity contribution in [3.05, 3.63) is 42.0 Å². The largest absolute Gasteiger partial charge is 0.392 e. The van der Waals surface area contributed by atoms with Crippen LogP contribution in [0, 0.1) is 0 Å². The first-order valence-corrected chi connectivity index (χ1v) is 3.84. The zero-order valence-corrected chi connectivity index (χ0v) is 6.77. The smallest absolute Gasteiger partial charge is 0.0685 e. The number of hydrogen-bond donors (Lipinski definition) is 2. The van der Waals surface area contributed by atoms with Crippen molar-refractivity contribution in [1.82, 2.24) is 0 Å². The molecule has 2 nitrogen and oxygen atoms in total. The number of aliphatic hydroxyl groups excluding tert-OH is 2. The van der Waals surface area contributed by atoms with Crippen LogP contribution in [0.3, 0.4) is 0 Å². The second kappa shape index (κ2) is 4.70. The Kier molecular flexibility index (Phi) is 3.51. The molecule has 0 aromatic heterocycles. The molecular formula is C10H12O2. The summed E-state index contributed by atoms with van der Waals surface area (Å²) in [7, 11) is 0. The summed E-state index contributed by atoms with van der Waals surface area (Å²) in [4.78, 5) is 0. The topological polar surface area (TPSA) is 40.5 Å². The lowest BCUT2D eigenvalue weighted by Crippen LogP contribution is -1.91. The van der Waals surface area contributed by atoms with Gasteiger partial charge in [-0.2, -0.15) is 0 Å². The van der Waals surface area contributed by atoms with Gasteiger partial charge in [0.25, 0.3) is 0 Å². The van der Waals surface area contributed by atoms with Gasteiger partial charge in [0.05, 0.1) is 13.2 Å². The molecule has 2 N–H and O–H groups in total. The molecule has 2 heteroatoms. The minimum Gasteiger partial charge on any atom is -0.392 e. The summed E-state index contributed by atoms with van der Waals surface area (Å²) in [6.45, 7) is -0.0740. The Morgan fingerprint density at radius 3 is 2.33 bits per heavy atom. The van der Waals surface area contributed by atoms with Crippen LogP contribution in [-0.2, 0) is 0 Å². The Morgan fingerprint density at radius 2 is 1.83 bits per heavy atom. The maximum absolute atomic E-state index is 8.93. The fourth-order valence-corrected chi connectivity index (χ4v) is 1.04. The van der Waals surface area contributed by atoms with E-state index in [1.54, 1.807) is 6.08 Å². The summed E-state index contributed by atoms with van der Waals surface area (Å²) in [5, 5.41) is 17.6. The van der Waals surface area contributed by atoms with Gasteiger partial charge in [-0.1, -0.05) is 36.4 Å². The second-order valence-corrected chi connectivity index (χ2v) is 2.44. The highest BCUT2D eigenvalue weighted by Gasteiger charge is 1.96. The number of benzene rings is 1. The number of hydrogen-bond acceptors (Lipinski definition) is 2. The molecule has 1 aromatic carbocycles. The first-order chi connectivity index (χ1) is 5.88. The van der Waals surface area contributed by atoms with Crippen LogP contribution in [0.4, 0.5) is 0 Å². The van der Waals surface area contributed by atoms with Crippen molar-refractivity contribution in [1.29, 1.82) is 0 Å². The molecule has 0 heterocycles. The van der Waals surface area contributed by atoms with Crippen molar-refractivity contribution in [3.8, 4) is 0 Å². The van der Waals surface area contributed by atoms with Crippen molar-refractivity contribution in [3.63, 3.8) is 0 Å². The van der Waals surface area contributed by atoms with Crippen molar-refractivity contribution in [2.24, 2.45) is 0 Å². The Hall–Kier alpha value is -1.12. The van der Waals surface area contributed by atoms with Crippen LogP contribution in [0.25, 0.3) is 5.57 Å². The summed E-state index contributed by atoms with van der Waals surface area (Å²) < 4.78 is 0. The van der Waals surface area contributed by atoms with Crippen LogP contribution >= 0.6 is 0 Å². The van der Waals surface area contributed by atoms with Gasteiger partial charge in [0.15, 0.2) is 0 Å². The van der Waals surface area contributed by atoms with Crippen molar-refractivity contribution in [2.45, 2.75) is 0 Å². The van der Waals surface area contributed by atoms with Gasteiger partial charge < -0.3 is 10.2 Å². The Labute approximate surface area is 71.8 Å². The highest BCUT2D eigenvalue weighted by atomic mass is 16.3. The lowest BCUT2D eigenvalue weighted by atomic mass is 10.1. The van der Waals surface area contributed by atoms with E-state index in [1.165, 1.54) is 0 Å². The predicted molar refractivity (Wildman–Crippen MR) is 48.6 cm³/mol. The Morgan fingerprint density at radius 1 is 1.17 bits per heavy atom. The molecule has 0 fully saturated rings. The van der Waals surface area contributed by atoms with E-state index in [1.807, 2.05) is 30.3 Å². The van der Waals surface area contributed by atoms with Crippen LogP contribution in [0.2, 0.25) is 0 Å². The minimum absolute atomic E-state index is 0.0369. The normalized spacial score (nSPS) is 11.7. The zero-order chi connectivity index (χ0) is 8.81. The van der Waals surface area contributed by atoms with Gasteiger partial charge in [0, 0.05) is 0 Å². The van der Waals surface area contributed by atoms with E-state index in [0.717, 1.165) is 11.1 Å². The minimum atomic E-state index is -0.0371. The molecule has 0 amide bonds. The molecule has 0 aliphatic carbocycles. The standard InChI is InChI=1S/C10H12O2/c11-7-6-10(8-12)9-4-2-1-3-5-9/h1-6,11-12H,7-8H2/b10-6-. The van der Waals surface area contributed by atoms with Gasteiger partial charge in [-0.05, 0) is 11.1 Å². The van der Waals surface area contributed by atoms with E-state index in [0.29, 0.717) is 0 Å². The van der Waals surface area contributed by atoms with E-state index in [2.05, 4.69) is 0 Å². The average Bonchev–Trinajstić information content (AvgIpc) is 2.15. The first kappa shape index (κ1) is 8.97. The lowest BCUT2D eigenvalue weighted by Gasteiger charge is -2.02. The number of rotatable bonds is 3. The maximum atomic E-state index is 8.93. The summed E-state index contributed by atoms with van der Waals surface area (Å²) in [6.07, 6.45) is 1.61. The van der Waals surface area contributed by atoms with E-state index in [9.17, 15) is 0 Å². The fourth-order valence-electron chi connectivity index (χ4n) is 1.04. The van der Waals surface area contributed by atoms with Crippen molar-refractivity contribution >= 4 is 5.57 Å². The van der Waals surface area contributed by atoms with Gasteiger partial charge in [-0.15, -0.1) is 0 Å². The Bertz CT molecular complexity index is 252. The molecule has 0 radical (unpaired) electrons. The van der Waals surface area contributed by atoms with Crippen molar-refractivity contribution in [2.75, 3.05) is 13.2 Å². The van der Waals surface area contributed by atoms with Crippen LogP contribution in [-0.4, -0.2) is 23.4 Å². The van der Waals surface area contributed by atoms with Crippen LogP contribution in [0.1, 0.15) is 5.56 Å². The van der Waals surface area contributed by atoms with E-state index < -0.39 is 0 Å². The molecule has 0 aliphatic heterocycles.